The smallest absolute Gasteiger partial charge is 0.0401 e. The fraction of sp³-hybridized carbons (Fsp3) is 0.385. The maximum Gasteiger partial charge on any atom is 0.0401 e. The Bertz CT molecular complexity index is 369. The minimum Gasteiger partial charge on any atom is -0.387 e. The first-order chi connectivity index (χ1) is 6.59. The molecule has 14 heavy (non-hydrogen) atoms. The van der Waals surface area contributed by atoms with Crippen LogP contribution >= 0.6 is 0 Å². The van der Waals surface area contributed by atoms with E-state index in [1.165, 1.54) is 16.7 Å². The lowest BCUT2D eigenvalue weighted by Gasteiger charge is -2.28. The van der Waals surface area contributed by atoms with E-state index >= 15 is 0 Å². The predicted octanol–water partition coefficient (Wildman–Crippen LogP) is 3.18. The van der Waals surface area contributed by atoms with Gasteiger partial charge < -0.3 is 5.32 Å². The summed E-state index contributed by atoms with van der Waals surface area (Å²) in [6.07, 6.45) is 2.16. The third-order valence-electron chi connectivity index (χ3n) is 2.65. The van der Waals surface area contributed by atoms with Crippen molar-refractivity contribution in [2.24, 2.45) is 5.41 Å². The highest BCUT2D eigenvalue weighted by Gasteiger charge is 2.22. The van der Waals surface area contributed by atoms with Gasteiger partial charge in [0.2, 0.25) is 0 Å². The molecule has 1 nitrogen and oxygen atoms in total. The Kier molecular flexibility index (Phi) is 2.10. The van der Waals surface area contributed by atoms with Gasteiger partial charge in [0.05, 0.1) is 0 Å². The number of hydrogen-bond donors (Lipinski definition) is 1. The van der Waals surface area contributed by atoms with E-state index in [0.29, 0.717) is 0 Å². The van der Waals surface area contributed by atoms with Gasteiger partial charge in [-0.05, 0) is 22.1 Å². The highest BCUT2D eigenvalue weighted by molar-refractivity contribution is 5.72. The lowest BCUT2D eigenvalue weighted by molar-refractivity contribution is 0.558. The van der Waals surface area contributed by atoms with E-state index in [0.717, 1.165) is 6.54 Å². The van der Waals surface area contributed by atoms with Gasteiger partial charge in [0.25, 0.3) is 0 Å². The van der Waals surface area contributed by atoms with Gasteiger partial charge in [0.1, 0.15) is 0 Å². The van der Waals surface area contributed by atoms with Crippen LogP contribution in [0.3, 0.4) is 0 Å². The lowest BCUT2D eigenvalue weighted by Crippen LogP contribution is -2.20. The Labute approximate surface area is 85.8 Å². The first kappa shape index (κ1) is 9.32. The zero-order valence-electron chi connectivity index (χ0n) is 9.09. The number of fused-ring (bicyclic) bond motifs is 1. The second-order valence-corrected chi connectivity index (χ2v) is 4.85. The molecule has 0 aliphatic carbocycles. The molecular weight excluding hydrogens is 170 g/mol. The van der Waals surface area contributed by atoms with Crippen LogP contribution in [0.1, 0.15) is 31.9 Å². The summed E-state index contributed by atoms with van der Waals surface area (Å²) in [4.78, 5) is 0. The van der Waals surface area contributed by atoms with Crippen LogP contribution in [0.2, 0.25) is 0 Å². The topological polar surface area (TPSA) is 12.0 Å². The van der Waals surface area contributed by atoms with E-state index in [-0.39, 0.29) is 5.41 Å². The van der Waals surface area contributed by atoms with Crippen LogP contribution < -0.4 is 5.32 Å². The molecule has 0 unspecified atom stereocenters. The van der Waals surface area contributed by atoms with Crippen molar-refractivity contribution in [1.82, 2.24) is 5.32 Å². The van der Waals surface area contributed by atoms with Gasteiger partial charge >= 0.3 is 0 Å². The van der Waals surface area contributed by atoms with E-state index in [2.05, 4.69) is 56.6 Å². The van der Waals surface area contributed by atoms with Gasteiger partial charge in [0, 0.05) is 12.7 Å². The summed E-state index contributed by atoms with van der Waals surface area (Å²) in [6, 6.07) is 8.63. The normalized spacial score (nSPS) is 15.5. The Balaban J connectivity index is 2.51. The predicted molar refractivity (Wildman–Crippen MR) is 60.7 cm³/mol. The van der Waals surface area contributed by atoms with Gasteiger partial charge in [-0.2, -0.15) is 0 Å². The molecule has 0 amide bonds. The molecule has 0 saturated heterocycles. The Morgan fingerprint density at radius 3 is 2.57 bits per heavy atom. The van der Waals surface area contributed by atoms with Gasteiger partial charge in [0.15, 0.2) is 0 Å². The molecule has 0 saturated carbocycles. The first-order valence-electron chi connectivity index (χ1n) is 5.11. The van der Waals surface area contributed by atoms with Crippen molar-refractivity contribution >= 4 is 5.57 Å². The molecule has 1 aromatic carbocycles. The summed E-state index contributed by atoms with van der Waals surface area (Å²) in [7, 11) is 0. The van der Waals surface area contributed by atoms with Crippen LogP contribution in [0.25, 0.3) is 5.57 Å². The minimum atomic E-state index is 0.212. The van der Waals surface area contributed by atoms with Crippen molar-refractivity contribution in [2.45, 2.75) is 27.3 Å². The third-order valence-corrected chi connectivity index (χ3v) is 2.65. The van der Waals surface area contributed by atoms with Crippen LogP contribution in [0.5, 0.6) is 0 Å². The summed E-state index contributed by atoms with van der Waals surface area (Å²) in [5, 5.41) is 3.34. The van der Waals surface area contributed by atoms with Crippen LogP contribution in [-0.2, 0) is 6.54 Å². The van der Waals surface area contributed by atoms with E-state index in [1.54, 1.807) is 0 Å². The molecule has 0 radical (unpaired) electrons. The quantitative estimate of drug-likeness (QED) is 0.657. The number of benzene rings is 1. The summed E-state index contributed by atoms with van der Waals surface area (Å²) in [5.74, 6) is 0. The average Bonchev–Trinajstić information content (AvgIpc) is 2.15. The maximum absolute atomic E-state index is 3.34. The highest BCUT2D eigenvalue weighted by Crippen LogP contribution is 2.36. The standard InChI is InChI=1S/C13H17N/c1-13(2,3)12-9-14-8-10-6-4-5-7-11(10)12/h4-7,9,14H,8H2,1-3H3. The monoisotopic (exact) mass is 187 g/mol. The largest absolute Gasteiger partial charge is 0.387 e. The Morgan fingerprint density at radius 2 is 1.86 bits per heavy atom. The Morgan fingerprint density at radius 1 is 1.14 bits per heavy atom. The second kappa shape index (κ2) is 3.16. The fourth-order valence-electron chi connectivity index (χ4n) is 1.90. The number of allylic oxidation sites excluding steroid dienone is 1. The second-order valence-electron chi connectivity index (χ2n) is 4.85. The summed E-state index contributed by atoms with van der Waals surface area (Å²) in [5.41, 5.74) is 4.42. The molecule has 1 aliphatic heterocycles. The molecule has 0 spiro atoms. The summed E-state index contributed by atoms with van der Waals surface area (Å²) in [6.45, 7) is 7.71. The molecule has 1 heteroatoms. The van der Waals surface area contributed by atoms with E-state index in [9.17, 15) is 0 Å². The van der Waals surface area contributed by atoms with Crippen molar-refractivity contribution in [2.75, 3.05) is 0 Å². The van der Waals surface area contributed by atoms with Crippen LogP contribution in [0.15, 0.2) is 30.5 Å². The van der Waals surface area contributed by atoms with Crippen LogP contribution in [0.4, 0.5) is 0 Å². The molecule has 1 aliphatic rings. The molecule has 0 bridgehead atoms. The van der Waals surface area contributed by atoms with Crippen LogP contribution in [0, 0.1) is 5.41 Å². The molecule has 0 atom stereocenters. The molecule has 2 rings (SSSR count). The molecule has 74 valence electrons. The van der Waals surface area contributed by atoms with Gasteiger partial charge in [-0.1, -0.05) is 45.0 Å². The summed E-state index contributed by atoms with van der Waals surface area (Å²) >= 11 is 0. The minimum absolute atomic E-state index is 0.212. The van der Waals surface area contributed by atoms with Crippen molar-refractivity contribution in [3.8, 4) is 0 Å². The number of rotatable bonds is 0. The van der Waals surface area contributed by atoms with E-state index in [1.807, 2.05) is 0 Å². The SMILES string of the molecule is CC(C)(C)C1=CNCc2ccccc21. The van der Waals surface area contributed by atoms with Gasteiger partial charge in [-0.25, -0.2) is 0 Å². The van der Waals surface area contributed by atoms with Crippen molar-refractivity contribution in [3.05, 3.63) is 41.6 Å². The molecule has 0 fully saturated rings. The molecule has 0 aromatic heterocycles. The zero-order chi connectivity index (χ0) is 10.2. The zero-order valence-corrected chi connectivity index (χ0v) is 9.09. The lowest BCUT2D eigenvalue weighted by atomic mass is 9.80. The van der Waals surface area contributed by atoms with Gasteiger partial charge in [-0.3, -0.25) is 0 Å². The van der Waals surface area contributed by atoms with Crippen LogP contribution in [-0.4, -0.2) is 0 Å². The van der Waals surface area contributed by atoms with Crippen molar-refractivity contribution in [3.63, 3.8) is 0 Å². The third kappa shape index (κ3) is 1.54. The summed E-state index contributed by atoms with van der Waals surface area (Å²) < 4.78 is 0. The molecule has 1 N–H and O–H groups in total. The molecule has 1 aromatic rings. The van der Waals surface area contributed by atoms with E-state index < -0.39 is 0 Å². The fourth-order valence-corrected chi connectivity index (χ4v) is 1.90. The van der Waals surface area contributed by atoms with Crippen molar-refractivity contribution < 1.29 is 0 Å². The Hall–Kier alpha value is -1.24. The molecule has 1 heterocycles. The van der Waals surface area contributed by atoms with Crippen molar-refractivity contribution in [1.29, 1.82) is 0 Å². The maximum atomic E-state index is 3.34. The number of hydrogen-bond acceptors (Lipinski definition) is 1. The number of nitrogens with one attached hydrogen (secondary N) is 1. The average molecular weight is 187 g/mol. The van der Waals surface area contributed by atoms with Gasteiger partial charge in [-0.15, -0.1) is 0 Å². The first-order valence-corrected chi connectivity index (χ1v) is 5.11. The highest BCUT2D eigenvalue weighted by atomic mass is 14.8. The molecular formula is C13H17N. The van der Waals surface area contributed by atoms with E-state index in [4.69, 9.17) is 0 Å².